The van der Waals surface area contributed by atoms with Crippen molar-refractivity contribution in [3.8, 4) is 0 Å². The summed E-state index contributed by atoms with van der Waals surface area (Å²) in [6.07, 6.45) is 2.04. The van der Waals surface area contributed by atoms with Gasteiger partial charge in [0.25, 0.3) is 5.91 Å². The molecule has 2 heterocycles. The van der Waals surface area contributed by atoms with Crippen molar-refractivity contribution in [2.75, 3.05) is 19.6 Å². The smallest absolute Gasteiger partial charge is 0.261 e. The van der Waals surface area contributed by atoms with Crippen molar-refractivity contribution in [2.24, 2.45) is 5.41 Å². The molecule has 0 unspecified atom stereocenters. The molecule has 5 nitrogen and oxygen atoms in total. The molecule has 0 atom stereocenters. The van der Waals surface area contributed by atoms with Crippen molar-refractivity contribution in [3.63, 3.8) is 0 Å². The SMILES string of the molecule is CC1(CNC(=O)c2ccc(S(=O)(=O)c3ccccc3)s2)CCNCC1. The van der Waals surface area contributed by atoms with Crippen LogP contribution in [0, 0.1) is 5.41 Å². The number of rotatable bonds is 5. The molecular formula is C18H22N2O3S2. The molecule has 7 heteroatoms. The number of hydrogen-bond donors (Lipinski definition) is 2. The molecule has 25 heavy (non-hydrogen) atoms. The second kappa shape index (κ2) is 7.27. The first-order valence-electron chi connectivity index (χ1n) is 8.30. The Balaban J connectivity index is 1.70. The predicted molar refractivity (Wildman–Crippen MR) is 98.8 cm³/mol. The van der Waals surface area contributed by atoms with Crippen LogP contribution < -0.4 is 10.6 Å². The molecule has 0 spiro atoms. The Hall–Kier alpha value is -1.70. The van der Waals surface area contributed by atoms with E-state index in [-0.39, 0.29) is 20.4 Å². The van der Waals surface area contributed by atoms with E-state index in [1.54, 1.807) is 36.4 Å². The Morgan fingerprint density at radius 2 is 1.84 bits per heavy atom. The molecule has 1 aromatic carbocycles. The number of nitrogens with one attached hydrogen (secondary N) is 2. The van der Waals surface area contributed by atoms with E-state index < -0.39 is 9.84 Å². The summed E-state index contributed by atoms with van der Waals surface area (Å²) in [5.41, 5.74) is 0.0944. The average Bonchev–Trinajstić information content (AvgIpc) is 3.12. The number of thiophene rings is 1. The molecule has 1 aliphatic heterocycles. The zero-order chi connectivity index (χ0) is 17.9. The van der Waals surface area contributed by atoms with Gasteiger partial charge in [0.15, 0.2) is 0 Å². The largest absolute Gasteiger partial charge is 0.351 e. The summed E-state index contributed by atoms with van der Waals surface area (Å²) >= 11 is 1.02. The average molecular weight is 379 g/mol. The quantitative estimate of drug-likeness (QED) is 0.839. The zero-order valence-corrected chi connectivity index (χ0v) is 15.8. The van der Waals surface area contributed by atoms with E-state index >= 15 is 0 Å². The van der Waals surface area contributed by atoms with Crippen LogP contribution in [0.3, 0.4) is 0 Å². The van der Waals surface area contributed by atoms with Crippen LogP contribution in [0.5, 0.6) is 0 Å². The van der Waals surface area contributed by atoms with Crippen LogP contribution in [-0.4, -0.2) is 34.0 Å². The number of hydrogen-bond acceptors (Lipinski definition) is 5. The molecule has 1 amide bonds. The second-order valence-electron chi connectivity index (χ2n) is 6.68. The van der Waals surface area contributed by atoms with Crippen LogP contribution in [0.15, 0.2) is 51.6 Å². The Kier molecular flexibility index (Phi) is 5.27. The van der Waals surface area contributed by atoms with Crippen LogP contribution in [0.1, 0.15) is 29.4 Å². The number of amides is 1. The molecule has 2 N–H and O–H groups in total. The van der Waals surface area contributed by atoms with Crippen LogP contribution in [0.25, 0.3) is 0 Å². The van der Waals surface area contributed by atoms with Crippen LogP contribution in [-0.2, 0) is 9.84 Å². The van der Waals surface area contributed by atoms with Crippen molar-refractivity contribution in [3.05, 3.63) is 47.3 Å². The fourth-order valence-corrected chi connectivity index (χ4v) is 5.54. The van der Waals surface area contributed by atoms with E-state index in [1.807, 2.05) is 0 Å². The van der Waals surface area contributed by atoms with Crippen LogP contribution in [0.2, 0.25) is 0 Å². The zero-order valence-electron chi connectivity index (χ0n) is 14.1. The number of piperidine rings is 1. The van der Waals surface area contributed by atoms with Gasteiger partial charge in [0.2, 0.25) is 9.84 Å². The summed E-state index contributed by atoms with van der Waals surface area (Å²) < 4.78 is 25.4. The third kappa shape index (κ3) is 4.11. The van der Waals surface area contributed by atoms with E-state index in [0.717, 1.165) is 37.3 Å². The molecule has 1 aliphatic rings. The Bertz CT molecular complexity index is 838. The van der Waals surface area contributed by atoms with Gasteiger partial charge >= 0.3 is 0 Å². The first-order chi connectivity index (χ1) is 11.9. The standard InChI is InChI=1S/C18H22N2O3S2/c1-18(9-11-19-12-10-18)13-20-17(21)15-7-8-16(24-15)25(22,23)14-5-3-2-4-6-14/h2-8,19H,9-13H2,1H3,(H,20,21). The van der Waals surface area contributed by atoms with Gasteiger partial charge in [0.1, 0.15) is 4.21 Å². The van der Waals surface area contributed by atoms with Crippen molar-refractivity contribution in [1.29, 1.82) is 0 Å². The molecular weight excluding hydrogens is 356 g/mol. The van der Waals surface area contributed by atoms with Crippen molar-refractivity contribution < 1.29 is 13.2 Å². The van der Waals surface area contributed by atoms with E-state index in [4.69, 9.17) is 0 Å². The maximum absolute atomic E-state index is 12.6. The summed E-state index contributed by atoms with van der Waals surface area (Å²) in [6, 6.07) is 11.4. The van der Waals surface area contributed by atoms with E-state index in [9.17, 15) is 13.2 Å². The van der Waals surface area contributed by atoms with Gasteiger partial charge in [-0.05, 0) is 55.6 Å². The third-order valence-corrected chi connectivity index (χ3v) is 7.96. The van der Waals surface area contributed by atoms with Gasteiger partial charge in [-0.3, -0.25) is 4.79 Å². The molecule has 134 valence electrons. The molecule has 0 aliphatic carbocycles. The lowest BCUT2D eigenvalue weighted by molar-refractivity contribution is 0.0926. The minimum absolute atomic E-state index is 0.0944. The molecule has 3 rings (SSSR count). The van der Waals surface area contributed by atoms with E-state index in [2.05, 4.69) is 17.6 Å². The topological polar surface area (TPSA) is 75.3 Å². The second-order valence-corrected chi connectivity index (χ2v) is 9.94. The molecule has 0 saturated carbocycles. The first kappa shape index (κ1) is 18.1. The molecule has 0 radical (unpaired) electrons. The number of benzene rings is 1. The number of sulfone groups is 1. The van der Waals surface area contributed by atoms with Gasteiger partial charge < -0.3 is 10.6 Å². The Morgan fingerprint density at radius 1 is 1.16 bits per heavy atom. The predicted octanol–water partition coefficient (Wildman–Crippen LogP) is 2.70. The summed E-state index contributed by atoms with van der Waals surface area (Å²) in [6.45, 7) is 4.70. The van der Waals surface area contributed by atoms with Crippen LogP contribution in [0.4, 0.5) is 0 Å². The molecule has 1 aromatic heterocycles. The maximum atomic E-state index is 12.6. The normalized spacial score (nSPS) is 17.2. The fraction of sp³-hybridized carbons (Fsp3) is 0.389. The highest BCUT2D eigenvalue weighted by molar-refractivity contribution is 7.93. The monoisotopic (exact) mass is 378 g/mol. The van der Waals surface area contributed by atoms with Gasteiger partial charge in [-0.1, -0.05) is 25.1 Å². The summed E-state index contributed by atoms with van der Waals surface area (Å²) in [5.74, 6) is -0.209. The maximum Gasteiger partial charge on any atom is 0.261 e. The highest BCUT2D eigenvalue weighted by Gasteiger charge is 2.28. The van der Waals surface area contributed by atoms with Crippen molar-refractivity contribution in [2.45, 2.75) is 28.9 Å². The minimum atomic E-state index is -3.57. The lowest BCUT2D eigenvalue weighted by Crippen LogP contribution is -2.42. The van der Waals surface area contributed by atoms with Gasteiger partial charge in [-0.15, -0.1) is 11.3 Å². The van der Waals surface area contributed by atoms with Crippen molar-refractivity contribution in [1.82, 2.24) is 10.6 Å². The third-order valence-electron chi connectivity index (χ3n) is 4.61. The summed E-state index contributed by atoms with van der Waals surface area (Å²) in [5, 5.41) is 6.28. The summed E-state index contributed by atoms with van der Waals surface area (Å²) in [4.78, 5) is 13.1. The molecule has 1 fully saturated rings. The fourth-order valence-electron chi connectivity index (χ4n) is 2.89. The van der Waals surface area contributed by atoms with Gasteiger partial charge in [-0.25, -0.2) is 8.42 Å². The lowest BCUT2D eigenvalue weighted by Gasteiger charge is -2.34. The lowest BCUT2D eigenvalue weighted by atomic mass is 9.81. The molecule has 0 bridgehead atoms. The minimum Gasteiger partial charge on any atom is -0.351 e. The van der Waals surface area contributed by atoms with E-state index in [0.29, 0.717) is 11.4 Å². The molecule has 1 saturated heterocycles. The van der Waals surface area contributed by atoms with E-state index in [1.165, 1.54) is 6.07 Å². The van der Waals surface area contributed by atoms with Gasteiger partial charge in [0, 0.05) is 6.54 Å². The van der Waals surface area contributed by atoms with Crippen LogP contribution >= 0.6 is 11.3 Å². The highest BCUT2D eigenvalue weighted by atomic mass is 32.2. The number of carbonyl (C=O) groups is 1. The Morgan fingerprint density at radius 3 is 2.52 bits per heavy atom. The molecule has 2 aromatic rings. The van der Waals surface area contributed by atoms with Crippen molar-refractivity contribution >= 4 is 27.1 Å². The summed E-state index contributed by atoms with van der Waals surface area (Å²) in [7, 11) is -3.57. The Labute approximate surface area is 152 Å². The first-order valence-corrected chi connectivity index (χ1v) is 10.6. The van der Waals surface area contributed by atoms with Gasteiger partial charge in [0.05, 0.1) is 9.77 Å². The van der Waals surface area contributed by atoms with Gasteiger partial charge in [-0.2, -0.15) is 0 Å². The number of carbonyl (C=O) groups excluding carboxylic acids is 1. The highest BCUT2D eigenvalue weighted by Crippen LogP contribution is 2.29.